The number of nitrogens with zero attached hydrogens (tertiary/aromatic N) is 1. The first-order valence-corrected chi connectivity index (χ1v) is 46.0. The highest BCUT2D eigenvalue weighted by molar-refractivity contribution is 6.41. The Morgan fingerprint density at radius 2 is 0.424 bits per heavy atom. The summed E-state index contributed by atoms with van der Waals surface area (Å²) in [7, 11) is 0. The van der Waals surface area contributed by atoms with Gasteiger partial charge in [0.2, 0.25) is 0 Å². The number of rotatable bonds is 6. The second-order valence-electron chi connectivity index (χ2n) is 35.8. The third kappa shape index (κ3) is 11.5. The van der Waals surface area contributed by atoms with Crippen molar-refractivity contribution in [3.63, 3.8) is 0 Å². The number of anilines is 3. The van der Waals surface area contributed by atoms with Crippen LogP contribution in [-0.4, -0.2) is 0 Å². The monoisotopic (exact) mass is 1670 g/mol. The van der Waals surface area contributed by atoms with Gasteiger partial charge in [-0.3, -0.25) is 0 Å². The molecule has 22 aromatic rings. The van der Waals surface area contributed by atoms with Gasteiger partial charge in [0, 0.05) is 17.1 Å². The van der Waals surface area contributed by atoms with E-state index in [1.54, 1.807) is 0 Å². The Bertz CT molecular complexity index is 8940. The molecule has 1 heteroatoms. The van der Waals surface area contributed by atoms with Crippen molar-refractivity contribution >= 4 is 205 Å². The second-order valence-corrected chi connectivity index (χ2v) is 35.8. The van der Waals surface area contributed by atoms with E-state index < -0.39 is 0 Å². The minimum atomic E-state index is 1.12. The lowest BCUT2D eigenvalue weighted by molar-refractivity contribution is 1.28. The predicted molar refractivity (Wildman–Crippen MR) is 565 cm³/mol. The van der Waals surface area contributed by atoms with Crippen LogP contribution < -0.4 is 4.90 Å². The Labute approximate surface area is 766 Å². The van der Waals surface area contributed by atoms with Crippen molar-refractivity contribution in [1.29, 1.82) is 0 Å². The summed E-state index contributed by atoms with van der Waals surface area (Å²) in [5.74, 6) is 0. The molecule has 22 aromatic carbocycles. The molecule has 0 unspecified atom stereocenters. The van der Waals surface area contributed by atoms with Crippen molar-refractivity contribution < 1.29 is 0 Å². The van der Waals surface area contributed by atoms with Gasteiger partial charge in [0.25, 0.3) is 0 Å². The van der Waals surface area contributed by atoms with Crippen LogP contribution in [0.15, 0.2) is 449 Å². The highest BCUT2D eigenvalue weighted by Gasteiger charge is 2.42. The third-order valence-electron chi connectivity index (χ3n) is 28.8. The minimum absolute atomic E-state index is 1.12. The molecule has 0 saturated heterocycles. The van der Waals surface area contributed by atoms with Crippen LogP contribution in [0.1, 0.15) is 113 Å². The van der Waals surface area contributed by atoms with E-state index in [4.69, 9.17) is 0 Å². The van der Waals surface area contributed by atoms with Crippen molar-refractivity contribution in [2.45, 2.75) is 6.92 Å². The number of fused-ring (bicyclic) bond motifs is 37. The molecule has 0 N–H and O–H groups in total. The zero-order valence-corrected chi connectivity index (χ0v) is 72.5. The van der Waals surface area contributed by atoms with Crippen LogP contribution in [0.3, 0.4) is 0 Å². The van der Waals surface area contributed by atoms with Crippen LogP contribution >= 0.6 is 0 Å². The standard InChI is InChI=1S/C52H33N.C30H18.C25H16.C24H14/c1-3-18-38(19-4-1)53(39-20-5-2-6-21-39)40-30-26-37(27-31-40)47-48-42-23-11-8-15-35(42)28-32-45(48)52-50(44-25-13-17-34-14-7-10-22-41(34)44)49-43-24-12-9-16-36(43)29-33-46(49)51(47)52;1-2-10-21(11-3-1)27-25-17-16-20-9-5-7-13-24(20)29(25)26-18-22-15-14-19-8-4-6-12-23(19)28(22)30(26)27;1-15-19-13-12-17-7-3-5-9-21(17)25(19)22-14-18-11-10-16-6-2-4-8-20(16)24(18)23(15)22;1-3-7-19-15(5-1)9-11-17-13-22-21(23(17)19)14-18-12-10-16-6-2-4-8-20(16)24(18)22/h1-33H;1-18H;2-14H,1H3;1-14H. The van der Waals surface area contributed by atoms with Gasteiger partial charge in [0.15, 0.2) is 0 Å². The third-order valence-corrected chi connectivity index (χ3v) is 28.8. The summed E-state index contributed by atoms with van der Waals surface area (Å²) >= 11 is 0. The molecule has 1 nitrogen and oxygen atoms in total. The van der Waals surface area contributed by atoms with Crippen molar-refractivity contribution in [3.8, 4) is 0 Å². The smallest absolute Gasteiger partial charge is 0.0462 e. The zero-order valence-electron chi connectivity index (χ0n) is 72.5. The van der Waals surface area contributed by atoms with Crippen LogP contribution in [-0.2, 0) is 0 Å². The Morgan fingerprint density at radius 1 is 0.144 bits per heavy atom. The number of benzene rings is 22. The molecule has 0 amide bonds. The maximum absolute atomic E-state index is 2.40. The summed E-state index contributed by atoms with van der Waals surface area (Å²) in [6, 6.07) is 164. The lowest BCUT2D eigenvalue weighted by Crippen LogP contribution is -2.09. The number of hydrogen-bond donors (Lipinski definition) is 0. The van der Waals surface area contributed by atoms with Crippen molar-refractivity contribution in [2.75, 3.05) is 4.90 Å². The van der Waals surface area contributed by atoms with E-state index in [1.165, 1.54) is 270 Å². The molecule has 30 rings (SSSR count). The maximum atomic E-state index is 2.40. The molecule has 132 heavy (non-hydrogen) atoms. The summed E-state index contributed by atoms with van der Waals surface area (Å²) in [5.41, 5.74) is 45.3. The topological polar surface area (TPSA) is 3.24 Å². The van der Waals surface area contributed by atoms with Crippen molar-refractivity contribution in [2.24, 2.45) is 0 Å². The quantitative estimate of drug-likeness (QED) is 0.160. The summed E-state index contributed by atoms with van der Waals surface area (Å²) in [6.45, 7) is 2.28. The van der Waals surface area contributed by atoms with E-state index in [2.05, 4.69) is 485 Å². The normalized spacial score (nSPS) is 13.9. The van der Waals surface area contributed by atoms with Crippen LogP contribution in [0, 0.1) is 0 Å². The van der Waals surface area contributed by atoms with E-state index in [0.29, 0.717) is 0 Å². The number of para-hydroxylation sites is 2. The maximum Gasteiger partial charge on any atom is 0.0462 e. The molecule has 0 atom stereocenters. The summed E-state index contributed by atoms with van der Waals surface area (Å²) in [4.78, 5) is 2.33. The van der Waals surface area contributed by atoms with Crippen LogP contribution in [0.5, 0.6) is 0 Å². The SMILES string of the molecule is C1=C2C(=C(c3ccccc3)c3ccc4ccccc4c32)c2c1ccc1ccccc21.C1=C2C(=Cc3ccc4ccccc4c32)c2c1ccc1ccccc21.CC1=C2C(=Cc3ccc4ccccc4c32)c2c1ccc1ccccc21.c1ccc(N(c2ccccc2)c2ccc(C3=C4C(=C(c5cccc6ccccc56)c5c4ccc4ccccc54)c4ccc5ccccc5c43)cc2)cc1. The fraction of sp³-hybridized carbons (Fsp3) is 0.00763. The first kappa shape index (κ1) is 75.1. The van der Waals surface area contributed by atoms with E-state index in [-0.39, 0.29) is 0 Å². The number of hydrogen-bond acceptors (Lipinski definition) is 1. The molecule has 8 aliphatic rings. The van der Waals surface area contributed by atoms with Gasteiger partial charge in [-0.2, -0.15) is 0 Å². The molecule has 0 spiro atoms. The first-order chi connectivity index (χ1) is 65.5. The first-order valence-electron chi connectivity index (χ1n) is 46.0. The van der Waals surface area contributed by atoms with Gasteiger partial charge in [0.1, 0.15) is 0 Å². The van der Waals surface area contributed by atoms with Crippen LogP contribution in [0.2, 0.25) is 0 Å². The lowest BCUT2D eigenvalue weighted by atomic mass is 9.86. The molecule has 0 heterocycles. The molecule has 0 saturated carbocycles. The minimum Gasteiger partial charge on any atom is -0.311 e. The molecule has 610 valence electrons. The zero-order chi connectivity index (χ0) is 86.8. The van der Waals surface area contributed by atoms with Gasteiger partial charge in [-0.1, -0.05) is 413 Å². The van der Waals surface area contributed by atoms with Crippen molar-refractivity contribution in [1.82, 2.24) is 0 Å². The lowest BCUT2D eigenvalue weighted by Gasteiger charge is -2.25. The molecular weight excluding hydrogens is 1590 g/mol. The largest absolute Gasteiger partial charge is 0.311 e. The average molecular weight is 1670 g/mol. The fourth-order valence-corrected chi connectivity index (χ4v) is 23.2. The van der Waals surface area contributed by atoms with Crippen molar-refractivity contribution in [3.05, 3.63) is 555 Å². The molecule has 0 aromatic heterocycles. The van der Waals surface area contributed by atoms with E-state index >= 15 is 0 Å². The van der Waals surface area contributed by atoms with E-state index in [0.717, 1.165) is 17.1 Å². The molecule has 8 aliphatic carbocycles. The highest BCUT2D eigenvalue weighted by Crippen LogP contribution is 2.64. The number of allylic oxidation sites excluding steroid dienone is 9. The predicted octanol–water partition coefficient (Wildman–Crippen LogP) is 34.9. The van der Waals surface area contributed by atoms with Gasteiger partial charge >= 0.3 is 0 Å². The van der Waals surface area contributed by atoms with Crippen LogP contribution in [0.4, 0.5) is 17.1 Å². The Balaban J connectivity index is 0.0000000959. The summed E-state index contributed by atoms with van der Waals surface area (Å²) in [5, 5.41) is 23.6. The van der Waals surface area contributed by atoms with E-state index in [1.807, 2.05) is 0 Å². The molecule has 0 bridgehead atoms. The fourth-order valence-electron chi connectivity index (χ4n) is 23.2. The molecule has 0 aliphatic heterocycles. The molecule has 0 radical (unpaired) electrons. The van der Waals surface area contributed by atoms with E-state index in [9.17, 15) is 0 Å². The van der Waals surface area contributed by atoms with Gasteiger partial charge in [0.05, 0.1) is 0 Å². The van der Waals surface area contributed by atoms with Gasteiger partial charge in [-0.25, -0.2) is 0 Å². The van der Waals surface area contributed by atoms with Gasteiger partial charge in [-0.05, 0) is 337 Å². The average Bonchev–Trinajstić information content (AvgIpc) is 1.52. The summed E-state index contributed by atoms with van der Waals surface area (Å²) in [6.07, 6.45) is 9.52. The Kier molecular flexibility index (Phi) is 17.1. The molecule has 0 fully saturated rings. The van der Waals surface area contributed by atoms with Gasteiger partial charge < -0.3 is 4.90 Å². The van der Waals surface area contributed by atoms with Gasteiger partial charge in [-0.15, -0.1) is 0 Å². The highest BCUT2D eigenvalue weighted by atomic mass is 15.1. The Morgan fingerprint density at radius 3 is 0.864 bits per heavy atom. The second kappa shape index (κ2) is 30.0. The summed E-state index contributed by atoms with van der Waals surface area (Å²) < 4.78 is 0. The van der Waals surface area contributed by atoms with Crippen LogP contribution in [0.25, 0.3) is 188 Å². The molecular formula is C131H81N. The Hall–Kier alpha value is -17.1.